The van der Waals surface area contributed by atoms with Crippen LogP contribution in [-0.2, 0) is 6.42 Å². The first-order valence-corrected chi connectivity index (χ1v) is 7.61. The van der Waals surface area contributed by atoms with Gasteiger partial charge in [-0.1, -0.05) is 64.5 Å². The Labute approximate surface area is 131 Å². The Morgan fingerprint density at radius 2 is 1.76 bits per heavy atom. The van der Waals surface area contributed by atoms with Gasteiger partial charge in [0.15, 0.2) is 0 Å². The van der Waals surface area contributed by atoms with Crippen molar-refractivity contribution in [3.8, 4) is 0 Å². The molecule has 3 heteroatoms. The maximum atomic E-state index is 13.2. The van der Waals surface area contributed by atoms with Gasteiger partial charge in [-0.05, 0) is 40.5 Å². The average Bonchev–Trinajstić information content (AvgIpc) is 2.47. The molecule has 0 saturated carbocycles. The Hall–Kier alpha value is -1.71. The van der Waals surface area contributed by atoms with Gasteiger partial charge in [-0.3, -0.25) is 0 Å². The Bertz CT molecular complexity index is 780. The molecule has 3 rings (SSSR count). The molecule has 1 atom stereocenters. The van der Waals surface area contributed by atoms with Gasteiger partial charge in [-0.2, -0.15) is 0 Å². The summed E-state index contributed by atoms with van der Waals surface area (Å²) in [6.07, 6.45) is 0.714. The van der Waals surface area contributed by atoms with Gasteiger partial charge in [0.05, 0.1) is 0 Å². The van der Waals surface area contributed by atoms with E-state index in [2.05, 4.69) is 40.2 Å². The zero-order chi connectivity index (χ0) is 14.8. The number of hydrogen-bond acceptors (Lipinski definition) is 1. The van der Waals surface area contributed by atoms with Crippen molar-refractivity contribution >= 4 is 26.7 Å². The third kappa shape index (κ3) is 2.99. The number of halogens is 2. The molecule has 0 bridgehead atoms. The van der Waals surface area contributed by atoms with E-state index in [0.29, 0.717) is 6.42 Å². The van der Waals surface area contributed by atoms with Crippen LogP contribution in [0.25, 0.3) is 10.8 Å². The molecule has 0 heterocycles. The average molecular weight is 344 g/mol. The zero-order valence-electron chi connectivity index (χ0n) is 11.4. The fourth-order valence-electron chi connectivity index (χ4n) is 2.62. The van der Waals surface area contributed by atoms with Gasteiger partial charge in [-0.25, -0.2) is 4.39 Å². The van der Waals surface area contributed by atoms with Crippen LogP contribution in [0.1, 0.15) is 17.2 Å². The third-order valence-corrected chi connectivity index (χ3v) is 4.37. The molecular weight excluding hydrogens is 329 g/mol. The number of rotatable bonds is 3. The number of hydrogen-bond donors (Lipinski definition) is 1. The molecule has 1 nitrogen and oxygen atoms in total. The molecule has 2 N–H and O–H groups in total. The van der Waals surface area contributed by atoms with Crippen molar-refractivity contribution in [3.63, 3.8) is 0 Å². The largest absolute Gasteiger partial charge is 0.324 e. The van der Waals surface area contributed by atoms with Crippen LogP contribution < -0.4 is 5.73 Å². The summed E-state index contributed by atoms with van der Waals surface area (Å²) in [5.74, 6) is -0.261. The lowest BCUT2D eigenvalue weighted by Crippen LogP contribution is -2.14. The highest BCUT2D eigenvalue weighted by molar-refractivity contribution is 9.10. The Morgan fingerprint density at radius 1 is 1.00 bits per heavy atom. The molecule has 0 aliphatic rings. The molecule has 0 saturated heterocycles. The first-order chi connectivity index (χ1) is 10.1. The molecule has 3 aromatic rings. The standard InChI is InChI=1S/C18H15BrFN/c19-17-11-14(20)8-9-16(17)18(21)10-13-6-3-5-12-4-1-2-7-15(12)13/h1-9,11,18H,10,21H2. The summed E-state index contributed by atoms with van der Waals surface area (Å²) in [7, 11) is 0. The molecule has 0 aliphatic heterocycles. The third-order valence-electron chi connectivity index (χ3n) is 3.68. The van der Waals surface area contributed by atoms with E-state index in [9.17, 15) is 4.39 Å². The molecule has 0 radical (unpaired) electrons. The van der Waals surface area contributed by atoms with Crippen LogP contribution in [0.15, 0.2) is 65.1 Å². The van der Waals surface area contributed by atoms with Crippen LogP contribution in [0.5, 0.6) is 0 Å². The van der Waals surface area contributed by atoms with Crippen LogP contribution in [0, 0.1) is 5.82 Å². The number of benzene rings is 3. The van der Waals surface area contributed by atoms with Crippen LogP contribution in [0.3, 0.4) is 0 Å². The molecule has 21 heavy (non-hydrogen) atoms. The highest BCUT2D eigenvalue weighted by Crippen LogP contribution is 2.28. The summed E-state index contributed by atoms with van der Waals surface area (Å²) in [6, 6.07) is 19.0. The van der Waals surface area contributed by atoms with Crippen molar-refractivity contribution in [1.82, 2.24) is 0 Å². The Balaban J connectivity index is 1.94. The normalized spacial score (nSPS) is 12.5. The van der Waals surface area contributed by atoms with Gasteiger partial charge in [0.25, 0.3) is 0 Å². The predicted molar refractivity (Wildman–Crippen MR) is 88.7 cm³/mol. The van der Waals surface area contributed by atoms with Crippen molar-refractivity contribution in [2.75, 3.05) is 0 Å². The molecule has 0 spiro atoms. The molecule has 0 fully saturated rings. The van der Waals surface area contributed by atoms with E-state index in [1.54, 1.807) is 6.07 Å². The van der Waals surface area contributed by atoms with E-state index in [-0.39, 0.29) is 11.9 Å². The lowest BCUT2D eigenvalue weighted by Gasteiger charge is -2.15. The monoisotopic (exact) mass is 343 g/mol. The minimum atomic E-state index is -0.261. The van der Waals surface area contributed by atoms with Gasteiger partial charge in [0.2, 0.25) is 0 Å². The van der Waals surface area contributed by atoms with E-state index in [1.807, 2.05) is 18.2 Å². The summed E-state index contributed by atoms with van der Waals surface area (Å²) in [5.41, 5.74) is 8.44. The fourth-order valence-corrected chi connectivity index (χ4v) is 3.26. The quantitative estimate of drug-likeness (QED) is 0.712. The molecule has 0 amide bonds. The Kier molecular flexibility index (Phi) is 4.04. The SMILES string of the molecule is NC(Cc1cccc2ccccc12)c1ccc(F)cc1Br. The minimum Gasteiger partial charge on any atom is -0.324 e. The van der Waals surface area contributed by atoms with Crippen molar-refractivity contribution in [2.24, 2.45) is 5.73 Å². The van der Waals surface area contributed by atoms with Crippen LogP contribution in [-0.4, -0.2) is 0 Å². The second-order valence-corrected chi connectivity index (χ2v) is 5.97. The van der Waals surface area contributed by atoms with Crippen molar-refractivity contribution < 1.29 is 4.39 Å². The molecule has 3 aromatic carbocycles. The number of nitrogens with two attached hydrogens (primary N) is 1. The Morgan fingerprint density at radius 3 is 2.57 bits per heavy atom. The zero-order valence-corrected chi connectivity index (χ0v) is 13.0. The van der Waals surface area contributed by atoms with E-state index in [0.717, 1.165) is 10.0 Å². The van der Waals surface area contributed by atoms with Crippen LogP contribution in [0.2, 0.25) is 0 Å². The summed E-state index contributed by atoms with van der Waals surface area (Å²) in [5, 5.41) is 2.43. The molecular formula is C18H15BrFN. The van der Waals surface area contributed by atoms with Crippen molar-refractivity contribution in [1.29, 1.82) is 0 Å². The second-order valence-electron chi connectivity index (χ2n) is 5.11. The summed E-state index contributed by atoms with van der Waals surface area (Å²) < 4.78 is 13.9. The highest BCUT2D eigenvalue weighted by Gasteiger charge is 2.12. The van der Waals surface area contributed by atoms with Crippen LogP contribution >= 0.6 is 15.9 Å². The highest BCUT2D eigenvalue weighted by atomic mass is 79.9. The lowest BCUT2D eigenvalue weighted by atomic mass is 9.95. The first kappa shape index (κ1) is 14.2. The lowest BCUT2D eigenvalue weighted by molar-refractivity contribution is 0.623. The maximum Gasteiger partial charge on any atom is 0.124 e. The molecule has 1 unspecified atom stereocenters. The van der Waals surface area contributed by atoms with E-state index in [4.69, 9.17) is 5.73 Å². The smallest absolute Gasteiger partial charge is 0.124 e. The fraction of sp³-hybridized carbons (Fsp3) is 0.111. The minimum absolute atomic E-state index is 0.175. The molecule has 106 valence electrons. The molecule has 0 aliphatic carbocycles. The second kappa shape index (κ2) is 5.96. The van der Waals surface area contributed by atoms with Crippen molar-refractivity contribution in [3.05, 3.63) is 82.1 Å². The summed E-state index contributed by atoms with van der Waals surface area (Å²) in [6.45, 7) is 0. The van der Waals surface area contributed by atoms with Gasteiger partial charge < -0.3 is 5.73 Å². The van der Waals surface area contributed by atoms with Gasteiger partial charge >= 0.3 is 0 Å². The predicted octanol–water partition coefficient (Wildman–Crippen LogP) is 4.98. The summed E-state index contributed by atoms with van der Waals surface area (Å²) in [4.78, 5) is 0. The van der Waals surface area contributed by atoms with Crippen LogP contribution in [0.4, 0.5) is 4.39 Å². The topological polar surface area (TPSA) is 26.0 Å². The maximum absolute atomic E-state index is 13.2. The van der Waals surface area contributed by atoms with Gasteiger partial charge in [-0.15, -0.1) is 0 Å². The molecule has 0 aromatic heterocycles. The van der Waals surface area contributed by atoms with Gasteiger partial charge in [0.1, 0.15) is 5.82 Å². The van der Waals surface area contributed by atoms with E-state index in [1.165, 1.54) is 28.5 Å². The summed E-state index contributed by atoms with van der Waals surface area (Å²) >= 11 is 3.39. The number of fused-ring (bicyclic) bond motifs is 1. The first-order valence-electron chi connectivity index (χ1n) is 6.82. The van der Waals surface area contributed by atoms with E-state index >= 15 is 0 Å². The van der Waals surface area contributed by atoms with Crippen molar-refractivity contribution in [2.45, 2.75) is 12.5 Å². The van der Waals surface area contributed by atoms with E-state index < -0.39 is 0 Å². The van der Waals surface area contributed by atoms with Gasteiger partial charge in [0, 0.05) is 10.5 Å².